The number of furan rings is 1. The second-order valence-corrected chi connectivity index (χ2v) is 13.0. The van der Waals surface area contributed by atoms with E-state index in [1.54, 1.807) is 0 Å². The molecule has 0 unspecified atom stereocenters. The van der Waals surface area contributed by atoms with E-state index in [4.69, 9.17) is 4.42 Å². The van der Waals surface area contributed by atoms with Crippen LogP contribution >= 0.6 is 0 Å². The monoisotopic (exact) mass is 667 g/mol. The summed E-state index contributed by atoms with van der Waals surface area (Å²) in [5.74, 6) is 0. The van der Waals surface area contributed by atoms with Crippen LogP contribution in [0.25, 0.3) is 76.9 Å². The number of rotatable bonds is 6. The van der Waals surface area contributed by atoms with Crippen LogP contribution in [0.5, 0.6) is 0 Å². The summed E-state index contributed by atoms with van der Waals surface area (Å²) in [5, 5.41) is 6.49. The fourth-order valence-corrected chi connectivity index (χ4v) is 7.41. The molecule has 2 heteroatoms. The van der Waals surface area contributed by atoms with Crippen LogP contribution in [0.3, 0.4) is 0 Å². The zero-order valence-electron chi connectivity index (χ0n) is 32.1. The zero-order chi connectivity index (χ0) is 37.9. The molecule has 52 heavy (non-hydrogen) atoms. The molecule has 9 aromatic carbocycles. The standard InChI is InChI=1S/C50H33NO/c1-2-11-34(12-3-1)35-21-27-40(28-22-35)51(41-29-23-37(24-30-41)43-18-10-14-36-13-4-5-15-42(36)43)48-19-8-6-16-44(48)38-25-31-45-39(33-38)26-32-47-46-17-7-9-20-49(46)52-50(45)47/h1-33H/i21D,22D,27D,28D. The van der Waals surface area contributed by atoms with E-state index in [-0.39, 0.29) is 35.4 Å². The minimum atomic E-state index is -0.122. The Bertz CT molecular complexity index is 3100. The Balaban J connectivity index is 1.17. The third kappa shape index (κ3) is 5.12. The average Bonchev–Trinajstić information content (AvgIpc) is 3.64. The molecule has 1 heterocycles. The van der Waals surface area contributed by atoms with Crippen LogP contribution in [-0.2, 0) is 0 Å². The van der Waals surface area contributed by atoms with Gasteiger partial charge in [0.15, 0.2) is 0 Å². The summed E-state index contributed by atoms with van der Waals surface area (Å²) in [6.45, 7) is 0. The molecule has 0 radical (unpaired) electrons. The Kier molecular flexibility index (Phi) is 6.22. The minimum Gasteiger partial charge on any atom is -0.455 e. The smallest absolute Gasteiger partial charge is 0.143 e. The molecule has 0 N–H and O–H groups in total. The molecule has 0 aliphatic heterocycles. The summed E-state index contributed by atoms with van der Waals surface area (Å²) < 4.78 is 43.8. The van der Waals surface area contributed by atoms with Gasteiger partial charge in [-0.1, -0.05) is 146 Å². The third-order valence-electron chi connectivity index (χ3n) is 9.94. The molecule has 0 atom stereocenters. The van der Waals surface area contributed by atoms with Gasteiger partial charge in [0.2, 0.25) is 0 Å². The number of benzene rings is 9. The van der Waals surface area contributed by atoms with E-state index in [1.807, 2.05) is 102 Å². The van der Waals surface area contributed by atoms with Crippen molar-refractivity contribution in [3.8, 4) is 33.4 Å². The van der Waals surface area contributed by atoms with Gasteiger partial charge in [-0.2, -0.15) is 0 Å². The summed E-state index contributed by atoms with van der Waals surface area (Å²) in [6, 6.07) is 58.2. The molecule has 0 fully saturated rings. The minimum absolute atomic E-state index is 0.0948. The summed E-state index contributed by atoms with van der Waals surface area (Å²) >= 11 is 0. The Morgan fingerprint density at radius 2 is 1.06 bits per heavy atom. The number of para-hydroxylation sites is 2. The maximum Gasteiger partial charge on any atom is 0.143 e. The van der Waals surface area contributed by atoms with Gasteiger partial charge in [0.1, 0.15) is 11.2 Å². The van der Waals surface area contributed by atoms with Gasteiger partial charge < -0.3 is 9.32 Å². The van der Waals surface area contributed by atoms with Crippen molar-refractivity contribution in [2.45, 2.75) is 0 Å². The van der Waals surface area contributed by atoms with Gasteiger partial charge >= 0.3 is 0 Å². The van der Waals surface area contributed by atoms with Crippen LogP contribution in [0.1, 0.15) is 5.48 Å². The lowest BCUT2D eigenvalue weighted by atomic mass is 9.96. The van der Waals surface area contributed by atoms with Crippen molar-refractivity contribution < 1.29 is 9.90 Å². The SMILES string of the molecule is [2H]c1c([2H])c(N(c2ccc(-c3cccc4ccccc34)cc2)c2ccccc2-c2ccc3c(ccc4c5ccccc5oc34)c2)c([2H])c([2H])c1-c1ccccc1. The molecule has 0 saturated heterocycles. The lowest BCUT2D eigenvalue weighted by Gasteiger charge is -2.28. The maximum atomic E-state index is 9.48. The third-order valence-corrected chi connectivity index (χ3v) is 9.94. The topological polar surface area (TPSA) is 16.4 Å². The number of hydrogen-bond donors (Lipinski definition) is 0. The number of fused-ring (bicyclic) bond motifs is 6. The van der Waals surface area contributed by atoms with Gasteiger partial charge in [-0.05, 0) is 98.5 Å². The van der Waals surface area contributed by atoms with Gasteiger partial charge in [0.05, 0.1) is 11.2 Å². The predicted octanol–water partition coefficient (Wildman–Crippen LogP) is 14.4. The van der Waals surface area contributed by atoms with Gasteiger partial charge in [-0.25, -0.2) is 0 Å². The van der Waals surface area contributed by atoms with Crippen LogP contribution < -0.4 is 4.90 Å². The molecule has 244 valence electrons. The van der Waals surface area contributed by atoms with Crippen molar-refractivity contribution >= 4 is 60.5 Å². The van der Waals surface area contributed by atoms with Crippen LogP contribution in [-0.4, -0.2) is 0 Å². The van der Waals surface area contributed by atoms with Crippen molar-refractivity contribution in [3.05, 3.63) is 200 Å². The molecule has 0 aliphatic carbocycles. The van der Waals surface area contributed by atoms with E-state index in [0.29, 0.717) is 11.3 Å². The van der Waals surface area contributed by atoms with Gasteiger partial charge in [-0.15, -0.1) is 0 Å². The molecule has 1 aromatic heterocycles. The van der Waals surface area contributed by atoms with Crippen molar-refractivity contribution in [3.63, 3.8) is 0 Å². The molecule has 0 bridgehead atoms. The largest absolute Gasteiger partial charge is 0.455 e. The second-order valence-electron chi connectivity index (χ2n) is 13.0. The van der Waals surface area contributed by atoms with Gasteiger partial charge in [0.25, 0.3) is 0 Å². The Labute approximate surface area is 308 Å². The normalized spacial score (nSPS) is 12.5. The highest BCUT2D eigenvalue weighted by Gasteiger charge is 2.19. The highest BCUT2D eigenvalue weighted by molar-refractivity contribution is 6.15. The van der Waals surface area contributed by atoms with E-state index >= 15 is 0 Å². The first-order chi connectivity index (χ1) is 27.5. The van der Waals surface area contributed by atoms with Crippen molar-refractivity contribution in [1.29, 1.82) is 0 Å². The molecule has 2 nitrogen and oxygen atoms in total. The summed E-state index contributed by atoms with van der Waals surface area (Å²) in [4.78, 5) is 1.88. The van der Waals surface area contributed by atoms with Crippen molar-refractivity contribution in [2.75, 3.05) is 4.90 Å². The van der Waals surface area contributed by atoms with E-state index in [1.165, 1.54) is 0 Å². The average molecular weight is 668 g/mol. The van der Waals surface area contributed by atoms with Crippen LogP contribution in [0.2, 0.25) is 0 Å². The van der Waals surface area contributed by atoms with E-state index < -0.39 is 0 Å². The summed E-state index contributed by atoms with van der Waals surface area (Å²) in [5.41, 5.74) is 8.17. The highest BCUT2D eigenvalue weighted by atomic mass is 16.3. The zero-order valence-corrected chi connectivity index (χ0v) is 28.1. The molecule has 0 saturated carbocycles. The van der Waals surface area contributed by atoms with E-state index in [9.17, 15) is 5.48 Å². The number of anilines is 3. The Morgan fingerprint density at radius 3 is 1.92 bits per heavy atom. The van der Waals surface area contributed by atoms with E-state index in [2.05, 4.69) is 78.9 Å². The van der Waals surface area contributed by atoms with Crippen LogP contribution in [0.4, 0.5) is 17.1 Å². The highest BCUT2D eigenvalue weighted by Crippen LogP contribution is 2.43. The Morgan fingerprint density at radius 1 is 0.385 bits per heavy atom. The lowest BCUT2D eigenvalue weighted by Crippen LogP contribution is -2.11. The molecule has 0 spiro atoms. The number of hydrogen-bond acceptors (Lipinski definition) is 2. The molecule has 10 aromatic rings. The van der Waals surface area contributed by atoms with Gasteiger partial charge in [0, 0.05) is 33.1 Å². The predicted molar refractivity (Wildman–Crippen MR) is 220 cm³/mol. The molecular formula is C50H33NO. The lowest BCUT2D eigenvalue weighted by molar-refractivity contribution is 0.672. The molecular weight excluding hydrogens is 631 g/mol. The van der Waals surface area contributed by atoms with Crippen molar-refractivity contribution in [2.24, 2.45) is 0 Å². The van der Waals surface area contributed by atoms with Crippen LogP contribution in [0.15, 0.2) is 205 Å². The van der Waals surface area contributed by atoms with E-state index in [0.717, 1.165) is 71.4 Å². The maximum absolute atomic E-state index is 9.48. The fraction of sp³-hybridized carbons (Fsp3) is 0. The molecule has 10 rings (SSSR count). The molecule has 0 amide bonds. The number of nitrogens with zero attached hydrogens (tertiary/aromatic N) is 1. The molecule has 0 aliphatic rings. The van der Waals surface area contributed by atoms with Gasteiger partial charge in [-0.3, -0.25) is 0 Å². The quantitative estimate of drug-likeness (QED) is 0.175. The Hall–Kier alpha value is -6.90. The second kappa shape index (κ2) is 12.5. The first-order valence-electron chi connectivity index (χ1n) is 19.4. The first-order valence-corrected chi connectivity index (χ1v) is 17.4. The summed E-state index contributed by atoms with van der Waals surface area (Å²) in [7, 11) is 0. The first kappa shape index (κ1) is 26.0. The fourth-order valence-electron chi connectivity index (χ4n) is 7.41. The van der Waals surface area contributed by atoms with Crippen molar-refractivity contribution in [1.82, 2.24) is 0 Å². The summed E-state index contributed by atoms with van der Waals surface area (Å²) in [6.07, 6.45) is 0. The van der Waals surface area contributed by atoms with Crippen LogP contribution in [0, 0.1) is 0 Å².